The Labute approximate surface area is 97.1 Å². The minimum atomic E-state index is -1.16. The summed E-state index contributed by atoms with van der Waals surface area (Å²) >= 11 is 12.6. The summed E-state index contributed by atoms with van der Waals surface area (Å²) in [7, 11) is 0. The van der Waals surface area contributed by atoms with Crippen LogP contribution in [0.3, 0.4) is 0 Å². The van der Waals surface area contributed by atoms with Crippen molar-refractivity contribution in [2.24, 2.45) is 0 Å². The summed E-state index contributed by atoms with van der Waals surface area (Å²) in [5.74, 6) is 2.59. The number of hydrogen-bond acceptors (Lipinski definition) is 2. The summed E-state index contributed by atoms with van der Waals surface area (Å²) < 4.78 is 0. The quantitative estimate of drug-likeness (QED) is 0.373. The van der Waals surface area contributed by atoms with E-state index >= 15 is 0 Å². The summed E-state index contributed by atoms with van der Waals surface area (Å²) in [6.07, 6.45) is 4.27. The number of hydrogen-bond donors (Lipinski definition) is 0. The van der Waals surface area contributed by atoms with Crippen LogP contribution in [-0.4, -0.2) is 38.7 Å². The van der Waals surface area contributed by atoms with E-state index in [1.54, 1.807) is 0 Å². The van der Waals surface area contributed by atoms with Gasteiger partial charge in [0.05, 0.1) is 0 Å². The fourth-order valence-corrected chi connectivity index (χ4v) is 1.50. The summed E-state index contributed by atoms with van der Waals surface area (Å²) in [6.45, 7) is 0. The van der Waals surface area contributed by atoms with Crippen molar-refractivity contribution < 1.29 is 0 Å². The van der Waals surface area contributed by atoms with Crippen LogP contribution in [0.4, 0.5) is 0 Å². The second-order valence-corrected chi connectivity index (χ2v) is 48.4. The molecule has 0 nitrogen and oxygen atoms in total. The molecule has 64 valence electrons. The predicted molar refractivity (Wildman–Crippen MR) is 69.3 cm³/mol. The average molecular weight is 571 g/mol. The molecule has 0 heterocycles. The van der Waals surface area contributed by atoms with Crippen molar-refractivity contribution in [2.75, 3.05) is 24.0 Å². The monoisotopic (exact) mass is 568 g/mol. The van der Waals surface area contributed by atoms with Gasteiger partial charge in [0.25, 0.3) is 0 Å². The molecule has 0 saturated heterocycles. The molecule has 0 radical (unpaired) electrons. The molecule has 0 aliphatic heterocycles. The standard InChI is InChI=1S/C4H10S2.Bi.3BrH/c1-5-3-4-6-2;;;;/h3-4H2,1-2H3;;3*1H/q;+3;;;/p-3. The van der Waals surface area contributed by atoms with Gasteiger partial charge in [-0.1, -0.05) is 0 Å². The molecule has 0 rings (SSSR count). The SMILES string of the molecule is CSCCSC.[Br][Bi]([Br])[Br]. The first-order chi connectivity index (χ1) is 4.65. The normalized spacial score (nSPS) is 9.00. The second kappa shape index (κ2) is 14.5. The molecule has 0 unspecified atom stereocenters. The van der Waals surface area contributed by atoms with Crippen LogP contribution in [0.15, 0.2) is 0 Å². The van der Waals surface area contributed by atoms with E-state index in [2.05, 4.69) is 49.2 Å². The van der Waals surface area contributed by atoms with Crippen LogP contribution in [0.2, 0.25) is 0 Å². The van der Waals surface area contributed by atoms with Crippen molar-refractivity contribution in [2.45, 2.75) is 0 Å². The molecule has 0 fully saturated rings. The third-order valence-electron chi connectivity index (χ3n) is 0.492. The summed E-state index contributed by atoms with van der Waals surface area (Å²) in [5.41, 5.74) is 0. The van der Waals surface area contributed by atoms with E-state index in [0.717, 1.165) is 0 Å². The number of thioether (sulfide) groups is 2. The topological polar surface area (TPSA) is 0 Å². The molecule has 0 aromatic heterocycles. The van der Waals surface area contributed by atoms with Crippen LogP contribution in [-0.2, 0) is 0 Å². The maximum absolute atomic E-state index is 3.31. The molecule has 0 aliphatic rings. The van der Waals surface area contributed by atoms with E-state index in [0.29, 0.717) is 0 Å². The van der Waals surface area contributed by atoms with Crippen molar-refractivity contribution in [3.05, 3.63) is 0 Å². The zero-order chi connectivity index (χ0) is 8.41. The van der Waals surface area contributed by atoms with Gasteiger partial charge in [-0.25, -0.2) is 0 Å². The molecule has 0 N–H and O–H groups in total. The Morgan fingerprint density at radius 1 is 1.00 bits per heavy atom. The van der Waals surface area contributed by atoms with Gasteiger partial charge in [0.15, 0.2) is 0 Å². The van der Waals surface area contributed by atoms with E-state index in [1.165, 1.54) is 11.5 Å². The molecule has 0 amide bonds. The molecule has 0 aromatic carbocycles. The number of rotatable bonds is 3. The van der Waals surface area contributed by atoms with Crippen molar-refractivity contribution in [3.8, 4) is 0 Å². The van der Waals surface area contributed by atoms with E-state index < -0.39 is 14.7 Å². The Balaban J connectivity index is 0. The van der Waals surface area contributed by atoms with E-state index in [-0.39, 0.29) is 0 Å². The van der Waals surface area contributed by atoms with Crippen LogP contribution in [0.1, 0.15) is 0 Å². The first kappa shape index (κ1) is 15.5. The van der Waals surface area contributed by atoms with Gasteiger partial charge in [-0.3, -0.25) is 0 Å². The Morgan fingerprint density at radius 3 is 1.30 bits per heavy atom. The maximum atomic E-state index is 3.31. The molecule has 0 aromatic rings. The Morgan fingerprint density at radius 2 is 1.20 bits per heavy atom. The Hall–Kier alpha value is 3.02. The van der Waals surface area contributed by atoms with E-state index in [9.17, 15) is 0 Å². The molecule has 10 heavy (non-hydrogen) atoms. The first-order valence-electron chi connectivity index (χ1n) is 2.40. The van der Waals surface area contributed by atoms with Gasteiger partial charge in [-0.2, -0.15) is 23.5 Å². The average Bonchev–Trinajstić information content (AvgIpc) is 1.82. The fourth-order valence-electron chi connectivity index (χ4n) is 0.167. The van der Waals surface area contributed by atoms with Crippen LogP contribution in [0, 0.1) is 0 Å². The summed E-state index contributed by atoms with van der Waals surface area (Å²) in [6, 6.07) is 0. The van der Waals surface area contributed by atoms with Gasteiger partial charge in [0, 0.05) is 11.5 Å². The molecule has 0 atom stereocenters. The number of halogens is 3. The fraction of sp³-hybridized carbons (Fsp3) is 1.00. The predicted octanol–water partition coefficient (Wildman–Crippen LogP) is 3.87. The third-order valence-corrected chi connectivity index (χ3v) is 1.97. The third kappa shape index (κ3) is 30.5. The van der Waals surface area contributed by atoms with Crippen LogP contribution >= 0.6 is 60.2 Å². The zero-order valence-electron chi connectivity index (χ0n) is 5.81. The first-order valence-corrected chi connectivity index (χ1v) is 27.8. The van der Waals surface area contributed by atoms with Gasteiger partial charge < -0.3 is 0 Å². The second-order valence-electron chi connectivity index (χ2n) is 1.18. The minimum absolute atomic E-state index is 1.16. The van der Waals surface area contributed by atoms with E-state index in [1.807, 2.05) is 23.5 Å². The molecular formula is C4H10BiBr3S2. The van der Waals surface area contributed by atoms with Crippen LogP contribution < -0.4 is 0 Å². The van der Waals surface area contributed by atoms with Crippen molar-refractivity contribution in [1.29, 1.82) is 0 Å². The molecule has 0 spiro atoms. The molecule has 0 bridgehead atoms. The van der Waals surface area contributed by atoms with Crippen molar-refractivity contribution in [3.63, 3.8) is 0 Å². The van der Waals surface area contributed by atoms with Gasteiger partial charge in [0.2, 0.25) is 0 Å². The Kier molecular flexibility index (Phi) is 22.5. The molecule has 0 aliphatic carbocycles. The van der Waals surface area contributed by atoms with Gasteiger partial charge in [-0.15, -0.1) is 0 Å². The van der Waals surface area contributed by atoms with E-state index in [4.69, 9.17) is 0 Å². The summed E-state index contributed by atoms with van der Waals surface area (Å²) in [4.78, 5) is 0. The van der Waals surface area contributed by atoms with Crippen molar-refractivity contribution >= 4 is 74.9 Å². The van der Waals surface area contributed by atoms with Gasteiger partial charge >= 0.3 is 51.4 Å². The van der Waals surface area contributed by atoms with Crippen LogP contribution in [0.25, 0.3) is 0 Å². The van der Waals surface area contributed by atoms with Gasteiger partial charge in [-0.05, 0) is 12.5 Å². The van der Waals surface area contributed by atoms with Crippen molar-refractivity contribution in [1.82, 2.24) is 0 Å². The van der Waals surface area contributed by atoms with Gasteiger partial charge in [0.1, 0.15) is 0 Å². The van der Waals surface area contributed by atoms with Crippen LogP contribution in [0.5, 0.6) is 0 Å². The molecular weight excluding hydrogens is 561 g/mol. The molecule has 0 saturated carbocycles. The Bertz CT molecular complexity index is 49.0. The summed E-state index contributed by atoms with van der Waals surface area (Å²) in [5, 5.41) is 0. The zero-order valence-corrected chi connectivity index (χ0v) is 15.7. The molecule has 6 heteroatoms.